The number of carbonyl (C=O) groups excluding carboxylic acids is 1. The lowest BCUT2D eigenvalue weighted by Crippen LogP contribution is -2.34. The third-order valence-electron chi connectivity index (χ3n) is 5.17. The van der Waals surface area contributed by atoms with E-state index in [9.17, 15) is 26.4 Å². The molecule has 0 saturated carbocycles. The van der Waals surface area contributed by atoms with Gasteiger partial charge in [-0.1, -0.05) is 12.1 Å². The zero-order valence-electron chi connectivity index (χ0n) is 17.2. The summed E-state index contributed by atoms with van der Waals surface area (Å²) in [4.78, 5) is 18.9. The first kappa shape index (κ1) is 23.5. The summed E-state index contributed by atoms with van der Waals surface area (Å²) in [5.41, 5.74) is 0.885. The fourth-order valence-corrected chi connectivity index (χ4v) is 5.84. The SMILES string of the molecule is O=C(CCNS(=O)(=O)c1ccc(OC(F)(F)F)cc1)N1CCC[C@@H]1c1nc2ccccc2s1. The molecule has 33 heavy (non-hydrogen) atoms. The second-order valence-corrected chi connectivity index (χ2v) is 10.3. The molecule has 7 nitrogen and oxygen atoms in total. The number of benzene rings is 2. The number of fused-ring (bicyclic) bond motifs is 1. The normalized spacial score (nSPS) is 16.9. The Kier molecular flexibility index (Phi) is 6.59. The van der Waals surface area contributed by atoms with Crippen molar-refractivity contribution in [2.75, 3.05) is 13.1 Å². The van der Waals surface area contributed by atoms with E-state index >= 15 is 0 Å². The second kappa shape index (κ2) is 9.27. The number of nitrogens with zero attached hydrogens (tertiary/aromatic N) is 2. The van der Waals surface area contributed by atoms with Crippen molar-refractivity contribution in [3.63, 3.8) is 0 Å². The Balaban J connectivity index is 1.35. The molecule has 2 aromatic carbocycles. The van der Waals surface area contributed by atoms with Gasteiger partial charge < -0.3 is 9.64 Å². The van der Waals surface area contributed by atoms with Crippen LogP contribution in [0.15, 0.2) is 53.4 Å². The Hall–Kier alpha value is -2.70. The van der Waals surface area contributed by atoms with Crippen molar-refractivity contribution in [2.45, 2.75) is 36.6 Å². The number of hydrogen-bond donors (Lipinski definition) is 1. The van der Waals surface area contributed by atoms with Gasteiger partial charge >= 0.3 is 6.36 Å². The predicted molar refractivity (Wildman–Crippen MR) is 116 cm³/mol. The van der Waals surface area contributed by atoms with Gasteiger partial charge in [-0.3, -0.25) is 4.79 Å². The van der Waals surface area contributed by atoms with E-state index in [1.165, 1.54) is 0 Å². The van der Waals surface area contributed by atoms with Gasteiger partial charge in [0, 0.05) is 19.5 Å². The highest BCUT2D eigenvalue weighted by Crippen LogP contribution is 2.36. The number of rotatable bonds is 7. The predicted octanol–water partition coefficient (Wildman–Crippen LogP) is 4.23. The first-order valence-corrected chi connectivity index (χ1v) is 12.4. The molecule has 176 valence electrons. The van der Waals surface area contributed by atoms with Crippen LogP contribution in [0.2, 0.25) is 0 Å². The zero-order valence-corrected chi connectivity index (χ0v) is 18.8. The summed E-state index contributed by atoms with van der Waals surface area (Å²) < 4.78 is 68.7. The summed E-state index contributed by atoms with van der Waals surface area (Å²) in [6.45, 7) is 0.442. The molecule has 4 rings (SSSR count). The maximum atomic E-state index is 12.8. The summed E-state index contributed by atoms with van der Waals surface area (Å²) in [6, 6.07) is 11.5. The van der Waals surface area contributed by atoms with E-state index < -0.39 is 22.1 Å². The first-order valence-electron chi connectivity index (χ1n) is 10.1. The second-order valence-electron chi connectivity index (χ2n) is 7.43. The fourth-order valence-electron chi connectivity index (χ4n) is 3.69. The molecule has 1 atom stereocenters. The largest absolute Gasteiger partial charge is 0.573 e. The number of likely N-dealkylation sites (tertiary alicyclic amines) is 1. The van der Waals surface area contributed by atoms with Crippen LogP contribution >= 0.6 is 11.3 Å². The minimum atomic E-state index is -4.86. The number of amides is 1. The smallest absolute Gasteiger partial charge is 0.406 e. The number of halogens is 3. The fraction of sp³-hybridized carbons (Fsp3) is 0.333. The van der Waals surface area contributed by atoms with Crippen LogP contribution in [0.3, 0.4) is 0 Å². The molecule has 2 heterocycles. The molecule has 1 aliphatic rings. The lowest BCUT2D eigenvalue weighted by atomic mass is 10.2. The number of ether oxygens (including phenoxy) is 1. The Morgan fingerprint density at radius 1 is 1.18 bits per heavy atom. The van der Waals surface area contributed by atoms with Crippen molar-refractivity contribution in [3.05, 3.63) is 53.5 Å². The Labute approximate surface area is 192 Å². The van der Waals surface area contributed by atoms with Gasteiger partial charge in [0.15, 0.2) is 0 Å². The summed E-state index contributed by atoms with van der Waals surface area (Å²) in [5.74, 6) is -0.708. The molecule has 1 amide bonds. The molecule has 1 aromatic heterocycles. The highest BCUT2D eigenvalue weighted by molar-refractivity contribution is 7.89. The molecule has 0 unspecified atom stereocenters. The van der Waals surface area contributed by atoms with Gasteiger partial charge in [-0.25, -0.2) is 18.1 Å². The van der Waals surface area contributed by atoms with Crippen LogP contribution in [-0.2, 0) is 14.8 Å². The topological polar surface area (TPSA) is 88.6 Å². The lowest BCUT2D eigenvalue weighted by molar-refractivity contribution is -0.274. The van der Waals surface area contributed by atoms with Crippen LogP contribution in [0.4, 0.5) is 13.2 Å². The van der Waals surface area contributed by atoms with Gasteiger partial charge in [-0.2, -0.15) is 0 Å². The molecule has 0 radical (unpaired) electrons. The van der Waals surface area contributed by atoms with E-state index in [-0.39, 0.29) is 29.8 Å². The van der Waals surface area contributed by atoms with Crippen molar-refractivity contribution < 1.29 is 31.1 Å². The molecule has 1 N–H and O–H groups in total. The molecule has 1 aliphatic heterocycles. The molecule has 1 saturated heterocycles. The summed E-state index contributed by atoms with van der Waals surface area (Å²) in [7, 11) is -3.99. The van der Waals surface area contributed by atoms with E-state index in [2.05, 4.69) is 14.4 Å². The van der Waals surface area contributed by atoms with Crippen LogP contribution in [0.25, 0.3) is 10.2 Å². The molecule has 0 bridgehead atoms. The number of carbonyl (C=O) groups is 1. The average Bonchev–Trinajstić information content (AvgIpc) is 3.39. The maximum Gasteiger partial charge on any atom is 0.573 e. The van der Waals surface area contributed by atoms with Gasteiger partial charge in [0.25, 0.3) is 0 Å². The van der Waals surface area contributed by atoms with Crippen LogP contribution in [0.1, 0.15) is 30.3 Å². The molecule has 0 aliphatic carbocycles. The van der Waals surface area contributed by atoms with Crippen LogP contribution < -0.4 is 9.46 Å². The number of alkyl halides is 3. The quantitative estimate of drug-likeness (QED) is 0.526. The standard InChI is InChI=1S/C21H20F3N3O4S2/c22-21(23,24)31-14-7-9-15(10-8-14)33(29,30)25-12-11-19(28)27-13-3-5-17(27)20-26-16-4-1-2-6-18(16)32-20/h1-2,4,6-10,17,25H,3,5,11-13H2/t17-/m1/s1. The third kappa shape index (κ3) is 5.63. The van der Waals surface area contributed by atoms with Crippen molar-refractivity contribution >= 4 is 37.5 Å². The molecule has 3 aromatic rings. The zero-order chi connectivity index (χ0) is 23.6. The van der Waals surface area contributed by atoms with Crippen LogP contribution in [0.5, 0.6) is 5.75 Å². The lowest BCUT2D eigenvalue weighted by Gasteiger charge is -2.23. The van der Waals surface area contributed by atoms with Gasteiger partial charge in [0.1, 0.15) is 10.8 Å². The van der Waals surface area contributed by atoms with E-state index in [0.717, 1.165) is 52.3 Å². The van der Waals surface area contributed by atoms with Crippen molar-refractivity contribution in [2.24, 2.45) is 0 Å². The maximum absolute atomic E-state index is 12.8. The van der Waals surface area contributed by atoms with Crippen molar-refractivity contribution in [1.29, 1.82) is 0 Å². The first-order chi connectivity index (χ1) is 15.6. The van der Waals surface area contributed by atoms with Crippen LogP contribution in [0, 0.1) is 0 Å². The number of para-hydroxylation sites is 1. The minimum Gasteiger partial charge on any atom is -0.406 e. The molecule has 1 fully saturated rings. The number of thiazole rings is 1. The number of nitrogens with one attached hydrogen (secondary N) is 1. The molecule has 0 spiro atoms. The van der Waals surface area contributed by atoms with Crippen molar-refractivity contribution in [3.8, 4) is 5.75 Å². The van der Waals surface area contributed by atoms with E-state index in [1.54, 1.807) is 16.2 Å². The van der Waals surface area contributed by atoms with Gasteiger partial charge in [-0.05, 0) is 49.2 Å². The molecule has 12 heteroatoms. The van der Waals surface area contributed by atoms with Crippen molar-refractivity contribution in [1.82, 2.24) is 14.6 Å². The van der Waals surface area contributed by atoms with Gasteiger partial charge in [0.05, 0.1) is 21.2 Å². The Morgan fingerprint density at radius 2 is 1.91 bits per heavy atom. The van der Waals surface area contributed by atoms with E-state index in [0.29, 0.717) is 6.54 Å². The highest BCUT2D eigenvalue weighted by Gasteiger charge is 2.32. The average molecular weight is 500 g/mol. The van der Waals surface area contributed by atoms with Gasteiger partial charge in [-0.15, -0.1) is 24.5 Å². The van der Waals surface area contributed by atoms with E-state index in [4.69, 9.17) is 0 Å². The Morgan fingerprint density at radius 3 is 2.61 bits per heavy atom. The molecular formula is C21H20F3N3O4S2. The monoisotopic (exact) mass is 499 g/mol. The number of sulfonamides is 1. The van der Waals surface area contributed by atoms with E-state index in [1.807, 2.05) is 24.3 Å². The summed E-state index contributed by atoms with van der Waals surface area (Å²) in [5, 5.41) is 0.865. The minimum absolute atomic E-state index is 0.0457. The molecular weight excluding hydrogens is 479 g/mol. The summed E-state index contributed by atoms with van der Waals surface area (Å²) >= 11 is 1.55. The van der Waals surface area contributed by atoms with Crippen LogP contribution in [-0.4, -0.2) is 43.7 Å². The summed E-state index contributed by atoms with van der Waals surface area (Å²) in [6.07, 6.45) is -3.28. The third-order valence-corrected chi connectivity index (χ3v) is 7.78. The number of aromatic nitrogens is 1. The van der Waals surface area contributed by atoms with Gasteiger partial charge in [0.2, 0.25) is 15.9 Å². The number of hydrogen-bond acceptors (Lipinski definition) is 6. The Bertz CT molecular complexity index is 1210. The highest BCUT2D eigenvalue weighted by atomic mass is 32.2.